The Balaban J connectivity index is -0.0000000184. The van der Waals surface area contributed by atoms with Gasteiger partial charge in [0.25, 0.3) is 0 Å². The summed E-state index contributed by atoms with van der Waals surface area (Å²) in [5.41, 5.74) is -3.50. The maximum absolute atomic E-state index is 8.85. The molecule has 6 nitrogen and oxygen atoms in total. The van der Waals surface area contributed by atoms with Gasteiger partial charge in [0.15, 0.2) is 0 Å². The normalized spacial score (nSPS) is 5.00. The van der Waals surface area contributed by atoms with E-state index in [4.69, 9.17) is 29.7 Å². The molecule has 0 spiro atoms. The maximum Gasteiger partial charge on any atom is 1.00 e. The molecule has 72 valence electrons. The molecule has 0 aliphatic rings. The van der Waals surface area contributed by atoms with Crippen molar-refractivity contribution in [2.45, 2.75) is 0 Å². The van der Waals surface area contributed by atoms with Crippen molar-refractivity contribution in [3.8, 4) is 0 Å². The Bertz CT molecular complexity index is 126. The van der Waals surface area contributed by atoms with E-state index in [0.717, 1.165) is 0 Å². The summed E-state index contributed by atoms with van der Waals surface area (Å²) in [5, 5.41) is 26.6. The summed E-state index contributed by atoms with van der Waals surface area (Å²) in [7, 11) is 4.39. The minimum atomic E-state index is -1.17. The molecule has 0 bridgehead atoms. The van der Waals surface area contributed by atoms with Crippen LogP contribution in [-0.4, -0.2) is 17.1 Å². The summed E-state index contributed by atoms with van der Waals surface area (Å²) in [4.78, 5) is 26.6. The van der Waals surface area contributed by atoms with Gasteiger partial charge < -0.3 is 29.7 Å². The zero-order chi connectivity index (χ0) is 10.7. The number of rotatable bonds is 0. The van der Waals surface area contributed by atoms with Crippen molar-refractivity contribution in [2.75, 3.05) is 0 Å². The van der Waals surface area contributed by atoms with E-state index in [2.05, 4.69) is 0 Å². The average molecular weight is 300 g/mol. The van der Waals surface area contributed by atoms with Crippen molar-refractivity contribution in [3.05, 3.63) is 0 Å². The van der Waals surface area contributed by atoms with Crippen LogP contribution in [0.15, 0.2) is 0 Å². The van der Waals surface area contributed by atoms with Crippen molar-refractivity contribution in [2.24, 2.45) is 0 Å². The monoisotopic (exact) mass is 300 g/mol. The Morgan fingerprint density at radius 3 is 0.600 bits per heavy atom. The van der Waals surface area contributed by atoms with E-state index < -0.39 is 17.1 Å². The van der Waals surface area contributed by atoms with E-state index in [9.17, 15) is 0 Å². The molecule has 0 aromatic heterocycles. The third-order valence-corrected chi connectivity index (χ3v) is 0. The Morgan fingerprint density at radius 2 is 0.600 bits per heavy atom. The van der Waals surface area contributed by atoms with Crippen LogP contribution in [0, 0.1) is 0 Å². The molecule has 0 amide bonds. The summed E-state index contributed by atoms with van der Waals surface area (Å²) >= 11 is 0. The molecule has 0 radical (unpaired) electrons. The molecule has 0 saturated heterocycles. The Labute approximate surface area is 161 Å². The van der Waals surface area contributed by atoms with Gasteiger partial charge in [-0.05, 0) is 0 Å². The third-order valence-electron chi connectivity index (χ3n) is 0. The van der Waals surface area contributed by atoms with Crippen LogP contribution < -0.4 is 104 Å². The van der Waals surface area contributed by atoms with E-state index in [-0.39, 0.29) is 88.7 Å². The largest absolute Gasteiger partial charge is 1.00 e. The van der Waals surface area contributed by atoms with Crippen LogP contribution >= 0.6 is 27.7 Å². The summed E-state index contributed by atoms with van der Waals surface area (Å²) in [6.45, 7) is 0. The van der Waals surface area contributed by atoms with Gasteiger partial charge >= 0.3 is 88.7 Å². The fourth-order valence-electron chi connectivity index (χ4n) is 0. The SMILES string of the molecule is O=C([O-])P.O=C([O-])P.O=C([O-])P.[Na+].[Na+].[Na+]. The molecule has 0 aliphatic carbocycles. The van der Waals surface area contributed by atoms with E-state index in [1.165, 1.54) is 27.7 Å². The van der Waals surface area contributed by atoms with Gasteiger partial charge in [-0.1, -0.05) is 27.7 Å². The standard InChI is InChI=1S/3CH3O2P.3Na/c3*2-1(3)4;;;/h3*4H2,(H,2,3);;;/q;;;3*+1/p-3. The fourth-order valence-corrected chi connectivity index (χ4v) is 0. The van der Waals surface area contributed by atoms with E-state index in [1.807, 2.05) is 0 Å². The molecule has 0 saturated carbocycles. The van der Waals surface area contributed by atoms with Crippen LogP contribution in [0.4, 0.5) is 14.4 Å². The smallest absolute Gasteiger partial charge is 0.546 e. The van der Waals surface area contributed by atoms with Gasteiger partial charge in [-0.3, -0.25) is 0 Å². The first kappa shape index (κ1) is 36.1. The molecule has 0 fully saturated rings. The van der Waals surface area contributed by atoms with Crippen LogP contribution in [0.3, 0.4) is 0 Å². The average Bonchev–Trinajstić information content (AvgIpc) is 1.54. The molecular weight excluding hydrogens is 294 g/mol. The van der Waals surface area contributed by atoms with E-state index >= 15 is 0 Å². The summed E-state index contributed by atoms with van der Waals surface area (Å²) in [5.74, 6) is 0. The first-order valence-corrected chi connectivity index (χ1v) is 3.82. The first-order chi connectivity index (χ1) is 5.20. The molecule has 0 aromatic carbocycles. The topological polar surface area (TPSA) is 120 Å². The van der Waals surface area contributed by atoms with Crippen LogP contribution in [-0.2, 0) is 0 Å². The van der Waals surface area contributed by atoms with Crippen LogP contribution in [0.5, 0.6) is 0 Å². The second-order valence-corrected chi connectivity index (χ2v) is 2.37. The molecule has 0 aliphatic heterocycles. The van der Waals surface area contributed by atoms with Gasteiger partial charge in [-0.2, -0.15) is 0 Å². The minimum Gasteiger partial charge on any atom is -0.546 e. The minimum absolute atomic E-state index is 0. The van der Waals surface area contributed by atoms with E-state index in [1.54, 1.807) is 0 Å². The summed E-state index contributed by atoms with van der Waals surface area (Å²) in [6.07, 6.45) is 0. The molecule has 12 heteroatoms. The number of hydrogen-bond donors (Lipinski definition) is 0. The van der Waals surface area contributed by atoms with Crippen molar-refractivity contribution in [3.63, 3.8) is 0 Å². The molecule has 0 heterocycles. The molecular formula is C3H6Na3O6P3. The first-order valence-electron chi connectivity index (χ1n) is 2.09. The second kappa shape index (κ2) is 30.1. The molecule has 0 N–H and O–H groups in total. The van der Waals surface area contributed by atoms with Crippen LogP contribution in [0.25, 0.3) is 0 Å². The molecule has 0 aromatic rings. The van der Waals surface area contributed by atoms with Gasteiger partial charge in [-0.15, -0.1) is 0 Å². The van der Waals surface area contributed by atoms with Gasteiger partial charge in [-0.25, -0.2) is 0 Å². The van der Waals surface area contributed by atoms with Crippen LogP contribution in [0.2, 0.25) is 0 Å². The number of carbonyl (C=O) groups excluding carboxylic acids is 3. The van der Waals surface area contributed by atoms with E-state index in [0.29, 0.717) is 0 Å². The molecule has 0 rings (SSSR count). The van der Waals surface area contributed by atoms with Crippen molar-refractivity contribution >= 4 is 44.9 Å². The quantitative estimate of drug-likeness (QED) is 0.323. The molecule has 15 heavy (non-hydrogen) atoms. The van der Waals surface area contributed by atoms with Crippen molar-refractivity contribution in [1.82, 2.24) is 0 Å². The van der Waals surface area contributed by atoms with Crippen molar-refractivity contribution in [1.29, 1.82) is 0 Å². The Morgan fingerprint density at radius 1 is 0.600 bits per heavy atom. The maximum atomic E-state index is 8.85. The number of carboxylic acid groups (broad SMARTS) is 3. The number of carbonyl (C=O) groups is 3. The van der Waals surface area contributed by atoms with Crippen molar-refractivity contribution < 1.29 is 118 Å². The Kier molecular flexibility index (Phi) is 72.3. The molecule has 3 atom stereocenters. The predicted molar refractivity (Wildman–Crippen MR) is 45.3 cm³/mol. The predicted octanol–water partition coefficient (Wildman–Crippen LogP) is -11.4. The fraction of sp³-hybridized carbons (Fsp3) is 0. The summed E-state index contributed by atoms with van der Waals surface area (Å²) in [6, 6.07) is 0. The summed E-state index contributed by atoms with van der Waals surface area (Å²) < 4.78 is 0. The second-order valence-electron chi connectivity index (χ2n) is 0.957. The van der Waals surface area contributed by atoms with Gasteiger partial charge in [0.1, 0.15) is 0 Å². The Hall–Kier alpha value is 2.70. The van der Waals surface area contributed by atoms with Gasteiger partial charge in [0, 0.05) is 0 Å². The zero-order valence-corrected chi connectivity index (χ0v) is 18.1. The van der Waals surface area contributed by atoms with Gasteiger partial charge in [0.2, 0.25) is 0 Å². The zero-order valence-electron chi connectivity index (χ0n) is 8.68. The van der Waals surface area contributed by atoms with Gasteiger partial charge in [0.05, 0.1) is 17.1 Å². The number of hydrogen-bond acceptors (Lipinski definition) is 6. The molecule has 3 unspecified atom stereocenters. The van der Waals surface area contributed by atoms with Crippen LogP contribution in [0.1, 0.15) is 0 Å². The third kappa shape index (κ3) is 495.